The molecule has 0 aromatic heterocycles. The lowest BCUT2D eigenvalue weighted by Crippen LogP contribution is -2.42. The van der Waals surface area contributed by atoms with Crippen LogP contribution in [0.1, 0.15) is 96.8 Å². The molecule has 0 heterocycles. The molecule has 0 amide bonds. The van der Waals surface area contributed by atoms with Crippen LogP contribution >= 0.6 is 12.4 Å². The molecule has 0 atom stereocenters. The Morgan fingerprint density at radius 2 is 0.800 bits per heavy atom. The van der Waals surface area contributed by atoms with Crippen LogP contribution in [-0.2, 0) is 13.3 Å². The highest BCUT2D eigenvalue weighted by Crippen LogP contribution is 2.18. The Morgan fingerprint density at radius 1 is 0.520 bits per heavy atom. The summed E-state index contributed by atoms with van der Waals surface area (Å²) >= 11 is 0. The molecule has 0 aliphatic rings. The molecule has 0 aromatic rings. The molecule has 4 nitrogen and oxygen atoms in total. The molecule has 0 unspecified atom stereocenters. The predicted octanol–water partition coefficient (Wildman–Crippen LogP) is 6.93. The Hall–Kier alpha value is 0.347. The van der Waals surface area contributed by atoms with Crippen LogP contribution in [0.5, 0.6) is 0 Å². The molecule has 25 heavy (non-hydrogen) atoms. The van der Waals surface area contributed by atoms with Gasteiger partial charge in [-0.2, -0.15) is 0 Å². The Labute approximate surface area is 165 Å². The first-order valence-electron chi connectivity index (χ1n) is 9.90. The molecule has 0 saturated carbocycles. The second-order valence-electron chi connectivity index (χ2n) is 6.64. The van der Waals surface area contributed by atoms with E-state index in [1.165, 1.54) is 83.5 Å². The van der Waals surface area contributed by atoms with Crippen molar-refractivity contribution in [3.8, 4) is 0 Å². The Bertz CT molecular complexity index is 236. The van der Waals surface area contributed by atoms with Crippen molar-refractivity contribution in [2.24, 2.45) is 0 Å². The monoisotopic (exact) mass is 399 g/mol. The van der Waals surface area contributed by atoms with Crippen molar-refractivity contribution in [2.45, 2.75) is 103 Å². The van der Waals surface area contributed by atoms with Crippen molar-refractivity contribution in [2.75, 3.05) is 21.3 Å². The molecule has 6 heteroatoms. The number of rotatable bonds is 18. The first-order chi connectivity index (χ1) is 11.2. The topological polar surface area (TPSA) is 62.7 Å². The van der Waals surface area contributed by atoms with Crippen molar-refractivity contribution < 1.29 is 13.3 Å². The minimum absolute atomic E-state index is 0. The minimum Gasteiger partial charge on any atom is -0.377 e. The van der Waals surface area contributed by atoms with Gasteiger partial charge in [0.25, 0.3) is 0 Å². The SMILES string of the molecule is CCCCCCCCCCCCCCCC[Si](OC)(OC)OC.Cl.N. The van der Waals surface area contributed by atoms with Crippen molar-refractivity contribution in [3.05, 3.63) is 0 Å². The maximum absolute atomic E-state index is 5.44. The van der Waals surface area contributed by atoms with Crippen LogP contribution in [0.2, 0.25) is 6.04 Å². The highest BCUT2D eigenvalue weighted by molar-refractivity contribution is 6.60. The molecule has 0 aliphatic carbocycles. The molecule has 0 saturated heterocycles. The van der Waals surface area contributed by atoms with E-state index in [1.807, 2.05) is 0 Å². The lowest BCUT2D eigenvalue weighted by atomic mass is 10.0. The largest absolute Gasteiger partial charge is 0.500 e. The third-order valence-electron chi connectivity index (χ3n) is 4.77. The van der Waals surface area contributed by atoms with Gasteiger partial charge in [0.2, 0.25) is 0 Å². The van der Waals surface area contributed by atoms with Gasteiger partial charge in [-0.3, -0.25) is 0 Å². The van der Waals surface area contributed by atoms with Crippen LogP contribution < -0.4 is 6.15 Å². The summed E-state index contributed by atoms with van der Waals surface area (Å²) in [6.07, 6.45) is 19.4. The quantitative estimate of drug-likeness (QED) is 0.200. The van der Waals surface area contributed by atoms with Crippen LogP contribution in [0.25, 0.3) is 0 Å². The average molecular weight is 400 g/mol. The van der Waals surface area contributed by atoms with Gasteiger partial charge in [-0.1, -0.05) is 90.4 Å². The van der Waals surface area contributed by atoms with E-state index in [0.717, 1.165) is 12.5 Å². The number of hydrogen-bond acceptors (Lipinski definition) is 4. The number of unbranched alkanes of at least 4 members (excludes halogenated alkanes) is 13. The minimum atomic E-state index is -2.32. The molecular weight excluding hydrogens is 354 g/mol. The zero-order valence-electron chi connectivity index (χ0n) is 17.4. The normalized spacial score (nSPS) is 11.0. The third-order valence-corrected chi connectivity index (χ3v) is 7.60. The van der Waals surface area contributed by atoms with E-state index in [2.05, 4.69) is 6.92 Å². The van der Waals surface area contributed by atoms with Gasteiger partial charge < -0.3 is 19.4 Å². The van der Waals surface area contributed by atoms with Gasteiger partial charge in [-0.25, -0.2) is 0 Å². The van der Waals surface area contributed by atoms with E-state index in [-0.39, 0.29) is 18.6 Å². The zero-order valence-corrected chi connectivity index (χ0v) is 19.3. The average Bonchev–Trinajstić information content (AvgIpc) is 2.59. The van der Waals surface area contributed by atoms with Gasteiger partial charge in [0.15, 0.2) is 0 Å². The van der Waals surface area contributed by atoms with Gasteiger partial charge in [0.05, 0.1) is 0 Å². The molecule has 156 valence electrons. The van der Waals surface area contributed by atoms with E-state index in [9.17, 15) is 0 Å². The molecule has 0 radical (unpaired) electrons. The lowest BCUT2D eigenvalue weighted by Gasteiger charge is -2.24. The standard InChI is InChI=1S/C19H42O3Si.ClH.H3N/c1-5-6-7-8-9-10-11-12-13-14-15-16-17-18-19-23(20-2,21-3)22-4;;/h5-19H2,1-4H3;1H;1H3. The molecule has 3 N–H and O–H groups in total. The number of hydrogen-bond donors (Lipinski definition) is 1. The summed E-state index contributed by atoms with van der Waals surface area (Å²) < 4.78 is 16.3. The van der Waals surface area contributed by atoms with Gasteiger partial charge in [-0.15, -0.1) is 12.4 Å². The molecule has 0 rings (SSSR count). The Kier molecular flexibility index (Phi) is 26.9. The summed E-state index contributed by atoms with van der Waals surface area (Å²) in [4.78, 5) is 0. The summed E-state index contributed by atoms with van der Waals surface area (Å²) in [5.74, 6) is 0. The van der Waals surface area contributed by atoms with Crippen molar-refractivity contribution >= 4 is 21.2 Å². The Morgan fingerprint density at radius 3 is 1.08 bits per heavy atom. The van der Waals surface area contributed by atoms with Gasteiger partial charge in [0, 0.05) is 27.4 Å². The molecule has 0 spiro atoms. The van der Waals surface area contributed by atoms with Crippen molar-refractivity contribution in [3.63, 3.8) is 0 Å². The van der Waals surface area contributed by atoms with Crippen LogP contribution in [0.15, 0.2) is 0 Å². The Balaban J connectivity index is -0.00000242. The van der Waals surface area contributed by atoms with Gasteiger partial charge in [-0.05, 0) is 6.42 Å². The third kappa shape index (κ3) is 17.5. The fourth-order valence-electron chi connectivity index (χ4n) is 3.09. The highest BCUT2D eigenvalue weighted by atomic mass is 35.5. The fourth-order valence-corrected chi connectivity index (χ4v) is 4.89. The highest BCUT2D eigenvalue weighted by Gasteiger charge is 2.36. The first-order valence-corrected chi connectivity index (χ1v) is 11.8. The zero-order chi connectivity index (χ0) is 17.2. The summed E-state index contributed by atoms with van der Waals surface area (Å²) in [6, 6.07) is 0.939. The maximum Gasteiger partial charge on any atom is 0.500 e. The summed E-state index contributed by atoms with van der Waals surface area (Å²) in [5.41, 5.74) is 0. The fraction of sp³-hybridized carbons (Fsp3) is 1.00. The van der Waals surface area contributed by atoms with E-state index < -0.39 is 8.80 Å². The summed E-state index contributed by atoms with van der Waals surface area (Å²) in [7, 11) is 2.77. The smallest absolute Gasteiger partial charge is 0.377 e. The predicted molar refractivity (Wildman–Crippen MR) is 114 cm³/mol. The maximum atomic E-state index is 5.44. The second-order valence-corrected chi connectivity index (χ2v) is 9.73. The number of halogens is 1. The molecule has 0 aliphatic heterocycles. The van der Waals surface area contributed by atoms with Crippen molar-refractivity contribution in [1.29, 1.82) is 0 Å². The van der Waals surface area contributed by atoms with Crippen LogP contribution in [0, 0.1) is 0 Å². The van der Waals surface area contributed by atoms with Gasteiger partial charge in [0.1, 0.15) is 0 Å². The van der Waals surface area contributed by atoms with Gasteiger partial charge >= 0.3 is 8.80 Å². The van der Waals surface area contributed by atoms with E-state index in [1.54, 1.807) is 21.3 Å². The van der Waals surface area contributed by atoms with E-state index in [4.69, 9.17) is 13.3 Å². The van der Waals surface area contributed by atoms with E-state index in [0.29, 0.717) is 0 Å². The van der Waals surface area contributed by atoms with Crippen LogP contribution in [0.3, 0.4) is 0 Å². The molecule has 0 bridgehead atoms. The summed E-state index contributed by atoms with van der Waals surface area (Å²) in [6.45, 7) is 2.28. The van der Waals surface area contributed by atoms with Crippen LogP contribution in [0.4, 0.5) is 0 Å². The lowest BCUT2D eigenvalue weighted by molar-refractivity contribution is 0.122. The molecule has 0 fully saturated rings. The van der Waals surface area contributed by atoms with Crippen molar-refractivity contribution in [1.82, 2.24) is 6.15 Å². The molecular formula is C19H46ClNO3Si. The van der Waals surface area contributed by atoms with E-state index >= 15 is 0 Å². The van der Waals surface area contributed by atoms with Crippen LogP contribution in [-0.4, -0.2) is 30.1 Å². The second kappa shape index (κ2) is 22.4. The summed E-state index contributed by atoms with van der Waals surface area (Å²) in [5, 5.41) is 0. The molecule has 0 aromatic carbocycles. The first kappa shape index (κ1) is 30.1.